The molecule has 4 heteroatoms. The van der Waals surface area contributed by atoms with Crippen LogP contribution in [0.25, 0.3) is 0 Å². The van der Waals surface area contributed by atoms with Gasteiger partial charge in [0, 0.05) is 29.4 Å². The van der Waals surface area contributed by atoms with E-state index in [1.54, 1.807) is 0 Å². The smallest absolute Gasteiger partial charge is 0.220 e. The van der Waals surface area contributed by atoms with Crippen LogP contribution < -0.4 is 10.6 Å². The molecule has 0 atom stereocenters. The molecule has 0 radical (unpaired) electrons. The van der Waals surface area contributed by atoms with Crippen molar-refractivity contribution in [3.05, 3.63) is 34.3 Å². The summed E-state index contributed by atoms with van der Waals surface area (Å²) in [6, 6.07) is 8.16. The first kappa shape index (κ1) is 15.5. The van der Waals surface area contributed by atoms with E-state index in [-0.39, 0.29) is 5.91 Å². The molecule has 3 nitrogen and oxygen atoms in total. The largest absolute Gasteiger partial charge is 0.355 e. The Labute approximate surface area is 129 Å². The van der Waals surface area contributed by atoms with Gasteiger partial charge in [-0.2, -0.15) is 0 Å². The average molecular weight is 339 g/mol. The number of amides is 1. The first-order valence-electron chi connectivity index (χ1n) is 7.29. The van der Waals surface area contributed by atoms with Crippen LogP contribution in [-0.2, 0) is 11.2 Å². The number of carbonyl (C=O) groups is 1. The van der Waals surface area contributed by atoms with E-state index in [9.17, 15) is 4.79 Å². The summed E-state index contributed by atoms with van der Waals surface area (Å²) in [5, 5.41) is 6.35. The Morgan fingerprint density at radius 1 is 1.25 bits per heavy atom. The van der Waals surface area contributed by atoms with Gasteiger partial charge < -0.3 is 10.6 Å². The second-order valence-electron chi connectivity index (χ2n) is 5.79. The minimum Gasteiger partial charge on any atom is -0.355 e. The molecule has 0 saturated heterocycles. The lowest BCUT2D eigenvalue weighted by molar-refractivity contribution is -0.121. The standard InChI is InChI=1S/C16H23BrN2O/c1-18-11-16(9-2-10-16)12-19-15(20)8-5-13-3-6-14(17)7-4-13/h3-4,6-7,18H,2,5,8-12H2,1H3,(H,19,20). The predicted octanol–water partition coefficient (Wildman–Crippen LogP) is 2.89. The zero-order valence-electron chi connectivity index (χ0n) is 12.0. The summed E-state index contributed by atoms with van der Waals surface area (Å²) < 4.78 is 1.07. The van der Waals surface area contributed by atoms with E-state index in [2.05, 4.69) is 38.7 Å². The highest BCUT2D eigenvalue weighted by atomic mass is 79.9. The Balaban J connectivity index is 1.71. The first-order valence-corrected chi connectivity index (χ1v) is 8.09. The predicted molar refractivity (Wildman–Crippen MR) is 85.7 cm³/mol. The molecule has 0 bridgehead atoms. The van der Waals surface area contributed by atoms with E-state index in [1.165, 1.54) is 24.8 Å². The van der Waals surface area contributed by atoms with Crippen molar-refractivity contribution in [3.63, 3.8) is 0 Å². The Bertz CT molecular complexity index is 440. The minimum atomic E-state index is 0.162. The molecule has 110 valence electrons. The monoisotopic (exact) mass is 338 g/mol. The van der Waals surface area contributed by atoms with Gasteiger partial charge in [0.25, 0.3) is 0 Å². The van der Waals surface area contributed by atoms with Gasteiger partial charge >= 0.3 is 0 Å². The number of rotatable bonds is 7. The van der Waals surface area contributed by atoms with Crippen LogP contribution in [0.2, 0.25) is 0 Å². The molecule has 0 aromatic heterocycles. The van der Waals surface area contributed by atoms with Crippen LogP contribution in [-0.4, -0.2) is 26.0 Å². The molecular weight excluding hydrogens is 316 g/mol. The van der Waals surface area contributed by atoms with Crippen molar-refractivity contribution < 1.29 is 4.79 Å². The summed E-state index contributed by atoms with van der Waals surface area (Å²) in [7, 11) is 1.98. The van der Waals surface area contributed by atoms with Crippen LogP contribution >= 0.6 is 15.9 Å². The van der Waals surface area contributed by atoms with Crippen molar-refractivity contribution in [3.8, 4) is 0 Å². The Hall–Kier alpha value is -0.870. The topological polar surface area (TPSA) is 41.1 Å². The van der Waals surface area contributed by atoms with Gasteiger partial charge in [-0.25, -0.2) is 0 Å². The van der Waals surface area contributed by atoms with E-state index in [0.717, 1.165) is 24.0 Å². The van der Waals surface area contributed by atoms with Crippen molar-refractivity contribution in [2.24, 2.45) is 5.41 Å². The summed E-state index contributed by atoms with van der Waals surface area (Å²) >= 11 is 3.42. The molecule has 1 amide bonds. The Kier molecular flexibility index (Phi) is 5.61. The maximum atomic E-state index is 11.9. The number of nitrogens with one attached hydrogen (secondary N) is 2. The van der Waals surface area contributed by atoms with E-state index in [0.29, 0.717) is 11.8 Å². The average Bonchev–Trinajstić information content (AvgIpc) is 2.41. The molecule has 0 spiro atoms. The summed E-state index contributed by atoms with van der Waals surface area (Å²) in [4.78, 5) is 11.9. The van der Waals surface area contributed by atoms with Gasteiger partial charge in [0.2, 0.25) is 5.91 Å². The molecule has 0 heterocycles. The zero-order chi connectivity index (χ0) is 14.4. The van der Waals surface area contributed by atoms with Crippen molar-refractivity contribution in [2.75, 3.05) is 20.1 Å². The number of hydrogen-bond acceptors (Lipinski definition) is 2. The third-order valence-corrected chi connectivity index (χ3v) is 4.71. The van der Waals surface area contributed by atoms with Crippen LogP contribution in [0.3, 0.4) is 0 Å². The number of benzene rings is 1. The summed E-state index contributed by atoms with van der Waals surface area (Å²) in [5.41, 5.74) is 1.51. The normalized spacial score (nSPS) is 16.5. The molecule has 2 rings (SSSR count). The van der Waals surface area contributed by atoms with Crippen LogP contribution in [0.15, 0.2) is 28.7 Å². The Morgan fingerprint density at radius 2 is 1.95 bits per heavy atom. The first-order chi connectivity index (χ1) is 9.63. The fraction of sp³-hybridized carbons (Fsp3) is 0.562. The molecular formula is C16H23BrN2O. The highest BCUT2D eigenvalue weighted by molar-refractivity contribution is 9.10. The third kappa shape index (κ3) is 4.32. The second-order valence-corrected chi connectivity index (χ2v) is 6.70. The number of halogens is 1. The van der Waals surface area contributed by atoms with Gasteiger partial charge in [-0.1, -0.05) is 34.5 Å². The highest BCUT2D eigenvalue weighted by Gasteiger charge is 2.36. The molecule has 0 unspecified atom stereocenters. The fourth-order valence-electron chi connectivity index (χ4n) is 2.75. The Morgan fingerprint density at radius 3 is 2.50 bits per heavy atom. The van der Waals surface area contributed by atoms with Crippen LogP contribution in [0, 0.1) is 5.41 Å². The maximum absolute atomic E-state index is 11.9. The van der Waals surface area contributed by atoms with Crippen LogP contribution in [0.1, 0.15) is 31.2 Å². The van der Waals surface area contributed by atoms with Gasteiger partial charge in [-0.3, -0.25) is 4.79 Å². The molecule has 1 saturated carbocycles. The molecule has 1 aliphatic rings. The SMILES string of the molecule is CNCC1(CNC(=O)CCc2ccc(Br)cc2)CCC1. The summed E-state index contributed by atoms with van der Waals surface area (Å²) in [6.07, 6.45) is 5.10. The van der Waals surface area contributed by atoms with E-state index < -0.39 is 0 Å². The lowest BCUT2D eigenvalue weighted by Crippen LogP contribution is -2.47. The van der Waals surface area contributed by atoms with Gasteiger partial charge in [0.05, 0.1) is 0 Å². The highest BCUT2D eigenvalue weighted by Crippen LogP contribution is 2.39. The number of hydrogen-bond donors (Lipinski definition) is 2. The minimum absolute atomic E-state index is 0.162. The summed E-state index contributed by atoms with van der Waals surface area (Å²) in [6.45, 7) is 1.81. The van der Waals surface area contributed by atoms with Crippen molar-refractivity contribution in [1.29, 1.82) is 0 Å². The van der Waals surface area contributed by atoms with Gasteiger partial charge in [0.15, 0.2) is 0 Å². The van der Waals surface area contributed by atoms with Gasteiger partial charge in [0.1, 0.15) is 0 Å². The number of carbonyl (C=O) groups excluding carboxylic acids is 1. The fourth-order valence-corrected chi connectivity index (χ4v) is 3.02. The van der Waals surface area contributed by atoms with E-state index in [4.69, 9.17) is 0 Å². The molecule has 1 fully saturated rings. The van der Waals surface area contributed by atoms with Crippen molar-refractivity contribution in [1.82, 2.24) is 10.6 Å². The van der Waals surface area contributed by atoms with Gasteiger partial charge in [-0.05, 0) is 44.0 Å². The molecule has 1 aliphatic carbocycles. The lowest BCUT2D eigenvalue weighted by Gasteiger charge is -2.42. The maximum Gasteiger partial charge on any atom is 0.220 e. The molecule has 1 aromatic carbocycles. The molecule has 0 aliphatic heterocycles. The summed E-state index contributed by atoms with van der Waals surface area (Å²) in [5.74, 6) is 0.162. The molecule has 20 heavy (non-hydrogen) atoms. The van der Waals surface area contributed by atoms with Crippen molar-refractivity contribution in [2.45, 2.75) is 32.1 Å². The van der Waals surface area contributed by atoms with Crippen molar-refractivity contribution >= 4 is 21.8 Å². The van der Waals surface area contributed by atoms with E-state index >= 15 is 0 Å². The molecule has 1 aromatic rings. The van der Waals surface area contributed by atoms with E-state index in [1.807, 2.05) is 19.2 Å². The zero-order valence-corrected chi connectivity index (χ0v) is 13.6. The lowest BCUT2D eigenvalue weighted by atomic mass is 9.68. The third-order valence-electron chi connectivity index (χ3n) is 4.18. The van der Waals surface area contributed by atoms with Gasteiger partial charge in [-0.15, -0.1) is 0 Å². The number of aryl methyl sites for hydroxylation is 1. The van der Waals surface area contributed by atoms with Crippen LogP contribution in [0.4, 0.5) is 0 Å². The quantitative estimate of drug-likeness (QED) is 0.802. The van der Waals surface area contributed by atoms with Crippen LogP contribution in [0.5, 0.6) is 0 Å². The second kappa shape index (κ2) is 7.23. The molecule has 2 N–H and O–H groups in total.